The maximum atomic E-state index is 15.2. The Morgan fingerprint density at radius 1 is 1.23 bits per heavy atom. The smallest absolute Gasteiger partial charge is 0.354 e. The van der Waals surface area contributed by atoms with Crippen molar-refractivity contribution in [1.29, 1.82) is 5.41 Å². The Morgan fingerprint density at radius 3 is 2.70 bits per heavy atom. The van der Waals surface area contributed by atoms with Crippen LogP contribution < -0.4 is 17.2 Å². The number of aryl methyl sites for hydroxylation is 1. The molecule has 0 radical (unpaired) electrons. The predicted octanol–water partition coefficient (Wildman–Crippen LogP) is 6.38. The molecule has 7 N–H and O–H groups in total. The summed E-state index contributed by atoms with van der Waals surface area (Å²) in [6.07, 6.45) is 8.26. The third-order valence-electron chi connectivity index (χ3n) is 8.99. The van der Waals surface area contributed by atoms with Crippen LogP contribution in [0.4, 0.5) is 4.39 Å². The van der Waals surface area contributed by atoms with Crippen molar-refractivity contribution >= 4 is 39.6 Å². The molecule has 0 spiro atoms. The van der Waals surface area contributed by atoms with Crippen molar-refractivity contribution < 1.29 is 9.50 Å². The largest absolute Gasteiger partial charge is 0.396 e. The number of rotatable bonds is 13. The fourth-order valence-corrected chi connectivity index (χ4v) is 7.45. The van der Waals surface area contributed by atoms with Gasteiger partial charge in [0.1, 0.15) is 5.65 Å². The molecule has 9 nitrogen and oxygen atoms in total. The van der Waals surface area contributed by atoms with Gasteiger partial charge in [-0.15, -0.1) is 0 Å². The molecule has 1 unspecified atom stereocenters. The van der Waals surface area contributed by atoms with Crippen LogP contribution in [0.1, 0.15) is 69.5 Å². The van der Waals surface area contributed by atoms with E-state index in [9.17, 15) is 9.90 Å². The Hall–Kier alpha value is -3.22. The maximum Gasteiger partial charge on any atom is 0.354 e. The van der Waals surface area contributed by atoms with Crippen LogP contribution in [0.3, 0.4) is 0 Å². The second kappa shape index (κ2) is 15.8. The number of H-pyrrole nitrogens is 1. The number of thioether (sulfide) groups is 1. The van der Waals surface area contributed by atoms with Gasteiger partial charge in [-0.2, -0.15) is 4.98 Å². The summed E-state index contributed by atoms with van der Waals surface area (Å²) in [6.45, 7) is 4.92. The zero-order valence-electron chi connectivity index (χ0n) is 27.0. The molecular formula is C35H45ClFN7O2S. The van der Waals surface area contributed by atoms with Crippen LogP contribution >= 0.6 is 23.4 Å². The summed E-state index contributed by atoms with van der Waals surface area (Å²) >= 11 is 7.65. The lowest BCUT2D eigenvalue weighted by molar-refractivity contribution is 0.0536. The minimum atomic E-state index is -0.523. The number of fused-ring (bicyclic) bond motifs is 1. The van der Waals surface area contributed by atoms with Gasteiger partial charge >= 0.3 is 5.69 Å². The number of aromatic amines is 1. The maximum absolute atomic E-state index is 15.2. The molecule has 4 aromatic rings. The third kappa shape index (κ3) is 8.63. The first kappa shape index (κ1) is 35.1. The summed E-state index contributed by atoms with van der Waals surface area (Å²) in [7, 11) is 0. The number of amidine groups is 1. The summed E-state index contributed by atoms with van der Waals surface area (Å²) in [6, 6.07) is 13.9. The third-order valence-corrected chi connectivity index (χ3v) is 10.0. The van der Waals surface area contributed by atoms with E-state index in [-0.39, 0.29) is 34.8 Å². The van der Waals surface area contributed by atoms with Crippen molar-refractivity contribution in [2.24, 2.45) is 17.4 Å². The number of hydrogen-bond donors (Lipinski definition) is 5. The summed E-state index contributed by atoms with van der Waals surface area (Å²) in [5.74, 6) is 0.395. The molecule has 1 aliphatic rings. The molecule has 1 fully saturated rings. The highest BCUT2D eigenvalue weighted by molar-refractivity contribution is 8.13. The van der Waals surface area contributed by atoms with Gasteiger partial charge in [0.2, 0.25) is 0 Å². The Balaban J connectivity index is 1.39. The lowest BCUT2D eigenvalue weighted by Gasteiger charge is -2.44. The van der Waals surface area contributed by atoms with E-state index in [4.69, 9.17) is 28.5 Å². The molecule has 2 aromatic carbocycles. The standard InChI is InChI=1S/C35H45ClFN7O2S/c1-21(20-45)18-43-26(13-14-47-34(39)40)7-4-8-31(43)24-9-11-27(12-10-24)44-19-25-17-30(41-33(25)42-35(44)46)28-15-23(6-3-5-22(2)38)16-29(36)32(28)37/h9-12,15-17,19,21-22,26,31,45H,3-8,13-14,18,20,38H2,1-2H3,(H3,39,40)(H,41,42,46)/t21-,22-,26-,31?/m0/s1. The fourth-order valence-electron chi connectivity index (χ4n) is 6.60. The molecule has 4 atom stereocenters. The Bertz CT molecular complexity index is 1740. The quantitative estimate of drug-likeness (QED) is 0.0811. The van der Waals surface area contributed by atoms with Gasteiger partial charge in [0.15, 0.2) is 11.0 Å². The molecule has 0 bridgehead atoms. The summed E-state index contributed by atoms with van der Waals surface area (Å²) in [5.41, 5.74) is 15.0. The average Bonchev–Trinajstić information content (AvgIpc) is 3.45. The van der Waals surface area contributed by atoms with Crippen LogP contribution in [0, 0.1) is 17.1 Å². The van der Waals surface area contributed by atoms with Gasteiger partial charge in [0, 0.05) is 54.2 Å². The number of nitrogens with one attached hydrogen (secondary N) is 2. The molecule has 12 heteroatoms. The number of aliphatic hydroxyl groups is 1. The number of nitrogens with two attached hydrogens (primary N) is 2. The Kier molecular flexibility index (Phi) is 11.8. The highest BCUT2D eigenvalue weighted by Gasteiger charge is 2.32. The predicted molar refractivity (Wildman–Crippen MR) is 191 cm³/mol. The molecule has 0 aliphatic carbocycles. The van der Waals surface area contributed by atoms with Gasteiger partial charge in [0.25, 0.3) is 0 Å². The first-order valence-electron chi connectivity index (χ1n) is 16.3. The van der Waals surface area contributed by atoms with Crippen molar-refractivity contribution in [3.05, 3.63) is 81.1 Å². The highest BCUT2D eigenvalue weighted by Crippen LogP contribution is 2.37. The molecule has 5 rings (SSSR count). The number of halogens is 2. The number of piperidine rings is 1. The summed E-state index contributed by atoms with van der Waals surface area (Å²) in [5, 5.41) is 18.2. The Morgan fingerprint density at radius 2 is 2.00 bits per heavy atom. The van der Waals surface area contributed by atoms with Crippen LogP contribution in [0.2, 0.25) is 5.02 Å². The topological polar surface area (TPSA) is 150 Å². The van der Waals surface area contributed by atoms with Crippen LogP contribution in [0.5, 0.6) is 0 Å². The molecule has 1 saturated heterocycles. The molecule has 1 aliphatic heterocycles. The molecule has 3 heterocycles. The monoisotopic (exact) mass is 681 g/mol. The number of benzene rings is 2. The van der Waals surface area contributed by atoms with Crippen molar-refractivity contribution in [1.82, 2.24) is 19.4 Å². The number of aromatic nitrogens is 3. The number of nitrogens with zero attached hydrogens (tertiary/aromatic N) is 3. The van der Waals surface area contributed by atoms with Crippen LogP contribution in [-0.2, 0) is 6.42 Å². The lowest BCUT2D eigenvalue weighted by Crippen LogP contribution is -2.44. The Labute approximate surface area is 284 Å². The minimum absolute atomic E-state index is 0.0493. The second-order valence-corrected chi connectivity index (χ2v) is 14.4. The van der Waals surface area contributed by atoms with Crippen LogP contribution in [-0.4, -0.2) is 60.7 Å². The van der Waals surface area contributed by atoms with Crippen molar-refractivity contribution in [3.63, 3.8) is 0 Å². The molecule has 47 heavy (non-hydrogen) atoms. The second-order valence-electron chi connectivity index (χ2n) is 12.9. The SMILES string of the molecule is C[C@H](CO)CN1C(c2ccc(-n3cc4cc(-c5cc(CCC[C@H](C)N)cc(Cl)c5F)[nH]c4nc3=O)cc2)CCC[C@H]1CCSC(=N)N. The lowest BCUT2D eigenvalue weighted by atomic mass is 9.88. The average molecular weight is 682 g/mol. The fraction of sp³-hybridized carbons (Fsp3) is 0.457. The van der Waals surface area contributed by atoms with E-state index in [1.54, 1.807) is 24.4 Å². The van der Waals surface area contributed by atoms with E-state index >= 15 is 4.39 Å². The normalized spacial score (nSPS) is 18.4. The number of hydrogen-bond acceptors (Lipinski definition) is 7. The van der Waals surface area contributed by atoms with Gasteiger partial charge < -0.3 is 21.6 Å². The van der Waals surface area contributed by atoms with E-state index in [0.717, 1.165) is 68.4 Å². The van der Waals surface area contributed by atoms with Crippen LogP contribution in [0.25, 0.3) is 28.0 Å². The van der Waals surface area contributed by atoms with Crippen molar-refractivity contribution in [2.45, 2.75) is 76.9 Å². The van der Waals surface area contributed by atoms with Crippen LogP contribution in [0.15, 0.2) is 53.5 Å². The molecule has 252 valence electrons. The molecule has 0 amide bonds. The highest BCUT2D eigenvalue weighted by atomic mass is 35.5. The van der Waals surface area contributed by atoms with Gasteiger partial charge in [0.05, 0.1) is 16.4 Å². The minimum Gasteiger partial charge on any atom is -0.396 e. The van der Waals surface area contributed by atoms with Crippen molar-refractivity contribution in [2.75, 3.05) is 18.9 Å². The summed E-state index contributed by atoms with van der Waals surface area (Å²) < 4.78 is 16.7. The number of aliphatic hydroxyl groups excluding tert-OH is 1. The molecular weight excluding hydrogens is 637 g/mol. The van der Waals surface area contributed by atoms with Gasteiger partial charge in [-0.1, -0.05) is 42.4 Å². The first-order chi connectivity index (χ1) is 22.5. The van der Waals surface area contributed by atoms with Gasteiger partial charge in [-0.3, -0.25) is 14.9 Å². The van der Waals surface area contributed by atoms with Gasteiger partial charge in [-0.25, -0.2) is 9.18 Å². The van der Waals surface area contributed by atoms with E-state index in [1.807, 2.05) is 19.1 Å². The molecule has 2 aromatic heterocycles. The zero-order chi connectivity index (χ0) is 33.7. The van der Waals surface area contributed by atoms with E-state index in [2.05, 4.69) is 33.9 Å². The zero-order valence-corrected chi connectivity index (χ0v) is 28.6. The van der Waals surface area contributed by atoms with E-state index < -0.39 is 11.5 Å². The number of likely N-dealkylation sites (tertiary alicyclic amines) is 1. The summed E-state index contributed by atoms with van der Waals surface area (Å²) in [4.78, 5) is 23.1. The first-order valence-corrected chi connectivity index (χ1v) is 17.7. The van der Waals surface area contributed by atoms with E-state index in [1.165, 1.54) is 16.3 Å². The van der Waals surface area contributed by atoms with E-state index in [0.29, 0.717) is 34.0 Å². The van der Waals surface area contributed by atoms with Gasteiger partial charge in [-0.05, 0) is 99.2 Å². The van der Waals surface area contributed by atoms with Crippen molar-refractivity contribution in [3.8, 4) is 16.9 Å². The molecule has 0 saturated carbocycles.